The Morgan fingerprint density at radius 3 is 1.12 bits per heavy atom. The van der Waals surface area contributed by atoms with Crippen molar-refractivity contribution in [1.82, 2.24) is 29.7 Å². The Morgan fingerprint density at radius 2 is 0.788 bits per heavy atom. The first-order valence-electron chi connectivity index (χ1n) is 18.7. The van der Waals surface area contributed by atoms with Gasteiger partial charge in [0.25, 0.3) is 0 Å². The quantitative estimate of drug-likeness (QED) is 0.117. The van der Waals surface area contributed by atoms with Crippen LogP contribution in [0.1, 0.15) is 107 Å². The third-order valence-corrected chi connectivity index (χ3v) is 12.3. The van der Waals surface area contributed by atoms with Crippen LogP contribution in [0.4, 0.5) is 11.4 Å². The number of benzene rings is 3. The fourth-order valence-electron chi connectivity index (χ4n) is 10.2. The number of rotatable bonds is 1. The summed E-state index contributed by atoms with van der Waals surface area (Å²) in [6.07, 6.45) is 15.6. The minimum Gasteiger partial charge on any atom is -0.397 e. The fraction of sp³-hybridized carbons (Fsp3) is 0.429. The van der Waals surface area contributed by atoms with Crippen molar-refractivity contribution in [1.29, 1.82) is 0 Å². The summed E-state index contributed by atoms with van der Waals surface area (Å²) in [4.78, 5) is 40.1. The third-order valence-electron chi connectivity index (χ3n) is 12.3. The van der Waals surface area contributed by atoms with E-state index in [4.69, 9.17) is 21.1 Å². The van der Waals surface area contributed by atoms with Gasteiger partial charge in [-0.2, -0.15) is 0 Å². The monoisotopic (exact) mass is 696 g/mol. The molecule has 2 aliphatic heterocycles. The number of nitrogen functional groups attached to an aromatic ring is 2. The molecule has 5 aromatic rings. The van der Waals surface area contributed by atoms with Gasteiger partial charge < -0.3 is 21.3 Å². The highest BCUT2D eigenvalue weighted by atomic mass is 16.2. The summed E-state index contributed by atoms with van der Waals surface area (Å²) in [5.41, 5.74) is 26.5. The fourth-order valence-corrected chi connectivity index (χ4v) is 10.2. The molecular formula is C42H48N8O2. The number of likely N-dealkylation sites (tertiary alicyclic amines) is 2. The first-order chi connectivity index (χ1) is 25.3. The average molecular weight is 697 g/mol. The van der Waals surface area contributed by atoms with Gasteiger partial charge >= 0.3 is 0 Å². The van der Waals surface area contributed by atoms with Crippen LogP contribution >= 0.6 is 0 Å². The maximum Gasteiger partial charge on any atom is 0.182 e. The van der Waals surface area contributed by atoms with Crippen molar-refractivity contribution in [3.63, 3.8) is 0 Å². The maximum absolute atomic E-state index is 8.81. The van der Waals surface area contributed by atoms with Gasteiger partial charge in [-0.3, -0.25) is 29.5 Å². The molecule has 0 spiro atoms. The normalized spacial score (nSPS) is 26.0. The summed E-state index contributed by atoms with van der Waals surface area (Å²) in [5, 5.41) is 0. The van der Waals surface area contributed by atoms with Gasteiger partial charge in [0.05, 0.1) is 33.4 Å². The van der Waals surface area contributed by atoms with E-state index in [1.165, 1.54) is 73.9 Å². The molecule has 4 N–H and O–H groups in total. The second kappa shape index (κ2) is 14.3. The number of carbonyl (C=O) groups excluding carboxylic acids is 2. The van der Waals surface area contributed by atoms with Gasteiger partial charge in [0.15, 0.2) is 12.6 Å². The molecule has 6 atom stereocenters. The van der Waals surface area contributed by atoms with Gasteiger partial charge in [-0.15, -0.1) is 0 Å². The zero-order valence-electron chi connectivity index (χ0n) is 30.1. The molecule has 52 heavy (non-hydrogen) atoms. The topological polar surface area (TPSA) is 144 Å². The minimum absolute atomic E-state index is 0.194. The molecule has 4 aliphatic carbocycles. The first kappa shape index (κ1) is 34.3. The molecule has 2 saturated heterocycles. The largest absolute Gasteiger partial charge is 0.397 e. The standard InChI is InChI=1S/C14H15N3.C14H14N2.C12H17N3.C2H2O2/c1-17-7-9-4-10(8-17)12-6-14-13(5-11(9)12)15-2-3-16-14;1-2-9-6-10(3-1)12-8-14-13(7-11(9)12)15-4-5-16-14;1-15-5-7-2-8(6-15)10-4-12(14)11(13)3-9(7)10;3-1-2-4/h2-3,5-6,9-10H,4,7-8H2,1H3;4-5,7-10H,1-3,6H2;3-4,7-8H,2,5-6,13-14H2,1H3;1-2H/t2*9-,10+;7-,8+;. The van der Waals surface area contributed by atoms with Crippen LogP contribution in [-0.4, -0.2) is 82.6 Å². The molecule has 10 heteroatoms. The Labute approximate surface area is 305 Å². The van der Waals surface area contributed by atoms with Gasteiger partial charge in [-0.1, -0.05) is 6.42 Å². The van der Waals surface area contributed by atoms with E-state index in [1.807, 2.05) is 0 Å². The third kappa shape index (κ3) is 6.54. The number of piperidine rings is 2. The van der Waals surface area contributed by atoms with E-state index in [0.29, 0.717) is 23.7 Å². The van der Waals surface area contributed by atoms with Gasteiger partial charge in [0, 0.05) is 51.0 Å². The Hall–Kier alpha value is -4.80. The summed E-state index contributed by atoms with van der Waals surface area (Å²) < 4.78 is 0. The molecule has 268 valence electrons. The van der Waals surface area contributed by atoms with Gasteiger partial charge in [-0.05, 0) is 151 Å². The molecule has 3 fully saturated rings. The smallest absolute Gasteiger partial charge is 0.182 e. The molecule has 0 amide bonds. The van der Waals surface area contributed by atoms with E-state index in [1.54, 1.807) is 35.9 Å². The highest BCUT2D eigenvalue weighted by Gasteiger charge is 2.38. The molecule has 6 aliphatic rings. The average Bonchev–Trinajstić information content (AvgIpc) is 3.67. The van der Waals surface area contributed by atoms with E-state index in [2.05, 4.69) is 80.2 Å². The lowest BCUT2D eigenvalue weighted by molar-refractivity contribution is -0.122. The van der Waals surface area contributed by atoms with E-state index in [-0.39, 0.29) is 12.6 Å². The number of hydrogen-bond acceptors (Lipinski definition) is 10. The van der Waals surface area contributed by atoms with Gasteiger partial charge in [0.2, 0.25) is 0 Å². The van der Waals surface area contributed by atoms with E-state index in [0.717, 1.165) is 58.4 Å². The highest BCUT2D eigenvalue weighted by Crippen LogP contribution is 2.51. The lowest BCUT2D eigenvalue weighted by Gasteiger charge is -2.28. The van der Waals surface area contributed by atoms with Crippen molar-refractivity contribution in [3.05, 3.63) is 94.6 Å². The van der Waals surface area contributed by atoms with Crippen LogP contribution < -0.4 is 11.5 Å². The molecule has 6 bridgehead atoms. The zero-order valence-corrected chi connectivity index (χ0v) is 30.1. The Balaban J connectivity index is 0.000000106. The Bertz CT molecular complexity index is 2000. The van der Waals surface area contributed by atoms with Crippen molar-refractivity contribution in [2.75, 3.05) is 51.7 Å². The molecule has 1 saturated carbocycles. The predicted octanol–water partition coefficient (Wildman–Crippen LogP) is 6.28. The number of carbonyl (C=O) groups is 2. The molecule has 2 aromatic heterocycles. The number of nitrogens with two attached hydrogens (primary N) is 2. The van der Waals surface area contributed by atoms with Crippen molar-refractivity contribution in [2.45, 2.75) is 74.0 Å². The number of anilines is 2. The first-order valence-corrected chi connectivity index (χ1v) is 18.7. The predicted molar refractivity (Wildman–Crippen MR) is 206 cm³/mol. The number of likely N-dealkylation sites (N-methyl/N-ethyl adjacent to an activating group) is 2. The summed E-state index contributed by atoms with van der Waals surface area (Å²) in [5.74, 6) is 4.37. The Morgan fingerprint density at radius 1 is 0.500 bits per heavy atom. The van der Waals surface area contributed by atoms with Gasteiger partial charge in [-0.25, -0.2) is 0 Å². The van der Waals surface area contributed by atoms with Crippen LogP contribution in [0, 0.1) is 0 Å². The van der Waals surface area contributed by atoms with Crippen LogP contribution in [0.15, 0.2) is 61.2 Å². The van der Waals surface area contributed by atoms with Crippen LogP contribution in [-0.2, 0) is 9.59 Å². The van der Waals surface area contributed by atoms with E-state index < -0.39 is 0 Å². The number of fused-ring (bicyclic) bond motifs is 17. The van der Waals surface area contributed by atoms with Crippen molar-refractivity contribution >= 4 is 46.0 Å². The van der Waals surface area contributed by atoms with Gasteiger partial charge in [0.1, 0.15) is 0 Å². The van der Waals surface area contributed by atoms with Crippen molar-refractivity contribution in [3.8, 4) is 0 Å². The molecular weight excluding hydrogens is 649 g/mol. The minimum atomic E-state index is 0.194. The molecule has 0 unspecified atom stereocenters. The maximum atomic E-state index is 8.81. The second-order valence-corrected chi connectivity index (χ2v) is 15.7. The Kier molecular flexibility index (Phi) is 9.44. The van der Waals surface area contributed by atoms with Crippen molar-refractivity contribution < 1.29 is 9.59 Å². The number of aromatic nitrogens is 4. The van der Waals surface area contributed by atoms with Crippen LogP contribution in [0.3, 0.4) is 0 Å². The summed E-state index contributed by atoms with van der Waals surface area (Å²) in [6.45, 7) is 4.70. The number of aldehydes is 2. The molecule has 4 heterocycles. The zero-order chi connectivity index (χ0) is 35.9. The molecule has 0 radical (unpaired) electrons. The number of nitrogens with zero attached hydrogens (tertiary/aromatic N) is 6. The highest BCUT2D eigenvalue weighted by molar-refractivity contribution is 6.09. The van der Waals surface area contributed by atoms with E-state index in [9.17, 15) is 0 Å². The molecule has 3 aromatic carbocycles. The van der Waals surface area contributed by atoms with Crippen LogP contribution in [0.2, 0.25) is 0 Å². The number of hydrogen-bond donors (Lipinski definition) is 2. The summed E-state index contributed by atoms with van der Waals surface area (Å²) in [7, 11) is 4.42. The van der Waals surface area contributed by atoms with E-state index >= 15 is 0 Å². The molecule has 10 nitrogen and oxygen atoms in total. The van der Waals surface area contributed by atoms with Crippen LogP contribution in [0.25, 0.3) is 22.1 Å². The van der Waals surface area contributed by atoms with Crippen molar-refractivity contribution in [2.24, 2.45) is 0 Å². The van der Waals surface area contributed by atoms with Crippen LogP contribution in [0.5, 0.6) is 0 Å². The SMILES string of the molecule is CN1C[C@H]2C[C@@H](C1)c1cc(N)c(N)cc12.CN1C[C@H]2C[C@@H](C1)c1cc3nccnc3cc12.O=CC=O.c1cnc2cc3c(cc2n1)[C@@H]1CCC[C@H]3C1. The second-order valence-electron chi connectivity index (χ2n) is 15.7. The summed E-state index contributed by atoms with van der Waals surface area (Å²) >= 11 is 0. The lowest BCUT2D eigenvalue weighted by atomic mass is 9.87. The lowest BCUT2D eigenvalue weighted by Crippen LogP contribution is -2.31. The molecule has 11 rings (SSSR count). The summed E-state index contributed by atoms with van der Waals surface area (Å²) in [6, 6.07) is 13.3.